The summed E-state index contributed by atoms with van der Waals surface area (Å²) in [6.45, 7) is 6.29. The number of aromatic amines is 1. The molecule has 2 aliphatic rings. The second kappa shape index (κ2) is 6.81. The third-order valence-electron chi connectivity index (χ3n) is 5.08. The van der Waals surface area contributed by atoms with Crippen LogP contribution >= 0.6 is 0 Å². The van der Waals surface area contributed by atoms with Gasteiger partial charge in [-0.1, -0.05) is 0 Å². The number of nitriles is 1. The Morgan fingerprint density at radius 2 is 1.96 bits per heavy atom. The van der Waals surface area contributed by atoms with Gasteiger partial charge in [-0.05, 0) is 44.2 Å². The van der Waals surface area contributed by atoms with Crippen molar-refractivity contribution in [3.63, 3.8) is 0 Å². The lowest BCUT2D eigenvalue weighted by atomic mass is 9.95. The Hall–Kier alpha value is -2.46. The number of hydrogen-bond acceptors (Lipinski definition) is 6. The van der Waals surface area contributed by atoms with Crippen molar-refractivity contribution in [2.75, 3.05) is 31.1 Å². The summed E-state index contributed by atoms with van der Waals surface area (Å²) in [5.41, 5.74) is 3.18. The van der Waals surface area contributed by atoms with E-state index in [1.807, 2.05) is 6.92 Å². The number of fused-ring (bicyclic) bond motifs is 1. The molecule has 4 rings (SSSR count). The van der Waals surface area contributed by atoms with Crippen LogP contribution in [0.1, 0.15) is 41.3 Å². The maximum Gasteiger partial charge on any atom is 0.164 e. The number of aryl methyl sites for hydroxylation is 3. The first-order chi connectivity index (χ1) is 12.2. The lowest BCUT2D eigenvalue weighted by Crippen LogP contribution is -2.46. The monoisotopic (exact) mass is 337 g/mol. The molecule has 0 spiro atoms. The summed E-state index contributed by atoms with van der Waals surface area (Å²) >= 11 is 0. The molecule has 2 aromatic rings. The van der Waals surface area contributed by atoms with E-state index in [0.717, 1.165) is 68.6 Å². The number of H-pyrrole nitrogens is 1. The Morgan fingerprint density at radius 3 is 2.68 bits per heavy atom. The van der Waals surface area contributed by atoms with Crippen LogP contribution in [-0.4, -0.2) is 51.2 Å². The van der Waals surface area contributed by atoms with Gasteiger partial charge >= 0.3 is 0 Å². The molecular formula is C18H23N7. The van der Waals surface area contributed by atoms with Gasteiger partial charge in [0.1, 0.15) is 17.7 Å². The standard InChI is InChI=1S/C18H23N7/c1-13-20-17(23-22-13)12-24-6-8-25(9-7-24)18-15(11-19)10-14-4-2-3-5-16(14)21-18/h10H,2-9,12H2,1H3,(H,20,22,23). The smallest absolute Gasteiger partial charge is 0.164 e. The first kappa shape index (κ1) is 16.0. The van der Waals surface area contributed by atoms with E-state index in [1.165, 1.54) is 24.1 Å². The van der Waals surface area contributed by atoms with Gasteiger partial charge in [-0.3, -0.25) is 10.00 Å². The second-order valence-corrected chi connectivity index (χ2v) is 6.88. The quantitative estimate of drug-likeness (QED) is 0.915. The van der Waals surface area contributed by atoms with Crippen molar-refractivity contribution >= 4 is 5.82 Å². The van der Waals surface area contributed by atoms with Crippen molar-refractivity contribution in [2.24, 2.45) is 0 Å². The number of rotatable bonds is 3. The van der Waals surface area contributed by atoms with E-state index in [1.54, 1.807) is 0 Å². The van der Waals surface area contributed by atoms with Crippen molar-refractivity contribution < 1.29 is 0 Å². The molecule has 1 saturated heterocycles. The maximum absolute atomic E-state index is 9.55. The highest BCUT2D eigenvalue weighted by atomic mass is 15.3. The number of anilines is 1. The van der Waals surface area contributed by atoms with Gasteiger partial charge in [-0.25, -0.2) is 9.97 Å². The first-order valence-corrected chi connectivity index (χ1v) is 9.01. The zero-order valence-electron chi connectivity index (χ0n) is 14.6. The van der Waals surface area contributed by atoms with E-state index in [-0.39, 0.29) is 0 Å². The van der Waals surface area contributed by atoms with E-state index < -0.39 is 0 Å². The Morgan fingerprint density at radius 1 is 1.16 bits per heavy atom. The summed E-state index contributed by atoms with van der Waals surface area (Å²) in [7, 11) is 0. The molecule has 1 N–H and O–H groups in total. The fourth-order valence-electron chi connectivity index (χ4n) is 3.72. The summed E-state index contributed by atoms with van der Waals surface area (Å²) in [5.74, 6) is 2.57. The zero-order valence-corrected chi connectivity index (χ0v) is 14.6. The lowest BCUT2D eigenvalue weighted by Gasteiger charge is -2.35. The van der Waals surface area contributed by atoms with Crippen molar-refractivity contribution in [2.45, 2.75) is 39.2 Å². The number of nitrogens with zero attached hydrogens (tertiary/aromatic N) is 6. The van der Waals surface area contributed by atoms with Crippen molar-refractivity contribution in [3.8, 4) is 6.07 Å². The zero-order chi connectivity index (χ0) is 17.2. The largest absolute Gasteiger partial charge is 0.353 e. The minimum absolute atomic E-state index is 0.721. The van der Waals surface area contributed by atoms with Gasteiger partial charge in [0.2, 0.25) is 0 Å². The molecule has 0 unspecified atom stereocenters. The maximum atomic E-state index is 9.55. The average Bonchev–Trinajstić information content (AvgIpc) is 3.06. The van der Waals surface area contributed by atoms with Crippen LogP contribution in [0.5, 0.6) is 0 Å². The molecule has 3 heterocycles. The highest BCUT2D eigenvalue weighted by Gasteiger charge is 2.23. The van der Waals surface area contributed by atoms with Crippen LogP contribution in [0.15, 0.2) is 6.07 Å². The van der Waals surface area contributed by atoms with Crippen LogP contribution in [0.2, 0.25) is 0 Å². The molecule has 0 radical (unpaired) electrons. The molecule has 0 saturated carbocycles. The number of hydrogen-bond donors (Lipinski definition) is 1. The summed E-state index contributed by atoms with van der Waals surface area (Å²) in [5, 5.41) is 16.7. The molecular weight excluding hydrogens is 314 g/mol. The average molecular weight is 337 g/mol. The van der Waals surface area contributed by atoms with E-state index in [4.69, 9.17) is 4.98 Å². The van der Waals surface area contributed by atoms with Gasteiger partial charge in [0.15, 0.2) is 5.82 Å². The highest BCUT2D eigenvalue weighted by molar-refractivity contribution is 5.56. The molecule has 7 nitrogen and oxygen atoms in total. The molecule has 2 aromatic heterocycles. The molecule has 0 aromatic carbocycles. The number of piperazine rings is 1. The molecule has 130 valence electrons. The molecule has 7 heteroatoms. The molecule has 25 heavy (non-hydrogen) atoms. The van der Waals surface area contributed by atoms with E-state index in [9.17, 15) is 5.26 Å². The normalized spacial score (nSPS) is 18.0. The third-order valence-corrected chi connectivity index (χ3v) is 5.08. The molecule has 0 bridgehead atoms. The minimum Gasteiger partial charge on any atom is -0.353 e. The Balaban J connectivity index is 1.46. The third kappa shape index (κ3) is 3.35. The summed E-state index contributed by atoms with van der Waals surface area (Å²) in [6, 6.07) is 4.42. The van der Waals surface area contributed by atoms with Gasteiger partial charge < -0.3 is 4.90 Å². The van der Waals surface area contributed by atoms with Gasteiger partial charge in [0.05, 0.1) is 12.1 Å². The van der Waals surface area contributed by atoms with Crippen LogP contribution in [0.4, 0.5) is 5.82 Å². The van der Waals surface area contributed by atoms with Crippen LogP contribution in [-0.2, 0) is 19.4 Å². The Labute approximate surface area is 147 Å². The molecule has 1 aliphatic carbocycles. The number of aromatic nitrogens is 4. The lowest BCUT2D eigenvalue weighted by molar-refractivity contribution is 0.243. The van der Waals surface area contributed by atoms with Crippen LogP contribution in [0, 0.1) is 18.3 Å². The van der Waals surface area contributed by atoms with Crippen LogP contribution in [0.25, 0.3) is 0 Å². The Kier molecular flexibility index (Phi) is 4.36. The summed E-state index contributed by atoms with van der Waals surface area (Å²) in [4.78, 5) is 13.9. The van der Waals surface area contributed by atoms with E-state index in [0.29, 0.717) is 0 Å². The number of nitrogens with one attached hydrogen (secondary N) is 1. The fraction of sp³-hybridized carbons (Fsp3) is 0.556. The fourth-order valence-corrected chi connectivity index (χ4v) is 3.72. The van der Waals surface area contributed by atoms with E-state index >= 15 is 0 Å². The topological polar surface area (TPSA) is 84.7 Å². The van der Waals surface area contributed by atoms with E-state index in [2.05, 4.69) is 37.1 Å². The summed E-state index contributed by atoms with van der Waals surface area (Å²) < 4.78 is 0. The highest BCUT2D eigenvalue weighted by Crippen LogP contribution is 2.27. The molecule has 0 atom stereocenters. The molecule has 1 aliphatic heterocycles. The van der Waals surface area contributed by atoms with Crippen molar-refractivity contribution in [1.82, 2.24) is 25.1 Å². The first-order valence-electron chi connectivity index (χ1n) is 9.01. The van der Waals surface area contributed by atoms with Crippen LogP contribution < -0.4 is 4.90 Å². The molecule has 1 fully saturated rings. The van der Waals surface area contributed by atoms with Gasteiger partial charge in [-0.15, -0.1) is 0 Å². The Bertz CT molecular complexity index is 796. The van der Waals surface area contributed by atoms with Gasteiger partial charge in [-0.2, -0.15) is 10.4 Å². The number of pyridine rings is 1. The molecule has 0 amide bonds. The second-order valence-electron chi connectivity index (χ2n) is 6.88. The predicted molar refractivity (Wildman–Crippen MR) is 94.2 cm³/mol. The predicted octanol–water partition coefficient (Wildman–Crippen LogP) is 1.58. The van der Waals surface area contributed by atoms with Gasteiger partial charge in [0.25, 0.3) is 0 Å². The van der Waals surface area contributed by atoms with Gasteiger partial charge in [0, 0.05) is 31.9 Å². The summed E-state index contributed by atoms with van der Waals surface area (Å²) in [6.07, 6.45) is 4.51. The SMILES string of the molecule is Cc1nc(CN2CCN(c3nc4c(cc3C#N)CCCC4)CC2)n[nH]1. The van der Waals surface area contributed by atoms with Crippen LogP contribution in [0.3, 0.4) is 0 Å². The van der Waals surface area contributed by atoms with Crippen molar-refractivity contribution in [3.05, 3.63) is 34.5 Å². The van der Waals surface area contributed by atoms with Crippen molar-refractivity contribution in [1.29, 1.82) is 5.26 Å². The minimum atomic E-state index is 0.721.